The molecule has 27 heavy (non-hydrogen) atoms. The van der Waals surface area contributed by atoms with Crippen molar-refractivity contribution >= 4 is 28.2 Å². The van der Waals surface area contributed by atoms with E-state index < -0.39 is 0 Å². The van der Waals surface area contributed by atoms with Crippen LogP contribution in [0.4, 0.5) is 5.00 Å². The third-order valence-electron chi connectivity index (χ3n) is 5.73. The fourth-order valence-corrected chi connectivity index (χ4v) is 5.31. The van der Waals surface area contributed by atoms with Gasteiger partial charge in [-0.05, 0) is 56.1 Å². The van der Waals surface area contributed by atoms with Crippen LogP contribution < -0.4 is 5.32 Å². The molecule has 5 heteroatoms. The van der Waals surface area contributed by atoms with Crippen molar-refractivity contribution in [2.45, 2.75) is 51.4 Å². The van der Waals surface area contributed by atoms with E-state index in [2.05, 4.69) is 29.6 Å². The largest absolute Gasteiger partial charge is 0.462 e. The predicted molar refractivity (Wildman–Crippen MR) is 107 cm³/mol. The van der Waals surface area contributed by atoms with E-state index in [1.54, 1.807) is 11.3 Å². The number of thiophene rings is 1. The molecule has 0 spiro atoms. The lowest BCUT2D eigenvalue weighted by Gasteiger charge is -2.24. The lowest BCUT2D eigenvalue weighted by Crippen LogP contribution is -2.28. The summed E-state index contributed by atoms with van der Waals surface area (Å²) in [5, 5.41) is 3.73. The van der Waals surface area contributed by atoms with E-state index >= 15 is 0 Å². The van der Waals surface area contributed by atoms with Crippen LogP contribution in [0.5, 0.6) is 0 Å². The summed E-state index contributed by atoms with van der Waals surface area (Å²) in [7, 11) is 0. The molecular formula is C22H25NO3S. The molecule has 142 valence electrons. The Bertz CT molecular complexity index is 839. The molecule has 1 fully saturated rings. The molecule has 0 radical (unpaired) electrons. The Kier molecular flexibility index (Phi) is 5.30. The van der Waals surface area contributed by atoms with Gasteiger partial charge in [-0.2, -0.15) is 0 Å². The van der Waals surface area contributed by atoms with Crippen molar-refractivity contribution in [1.29, 1.82) is 0 Å². The van der Waals surface area contributed by atoms with Crippen LogP contribution in [0.2, 0.25) is 0 Å². The Morgan fingerprint density at radius 1 is 1.19 bits per heavy atom. The molecule has 0 saturated heterocycles. The standard InChI is InChI=1S/C22H25NO3S/c1-2-26-22(25)19-17-12-11-16(14-7-4-3-5-8-14)13-18(17)27-21(19)23-20(24)15-9-6-10-15/h3-5,7-8,15-16H,2,6,9-13H2,1H3,(H,23,24)/t16-/m1/s1. The number of carbonyl (C=O) groups excluding carboxylic acids is 2. The van der Waals surface area contributed by atoms with Gasteiger partial charge in [0.25, 0.3) is 0 Å². The number of hydrogen-bond donors (Lipinski definition) is 1. The first-order valence-corrected chi connectivity index (χ1v) is 10.7. The number of nitrogens with one attached hydrogen (secondary N) is 1. The highest BCUT2D eigenvalue weighted by Crippen LogP contribution is 2.43. The van der Waals surface area contributed by atoms with Crippen molar-refractivity contribution in [3.05, 3.63) is 51.9 Å². The summed E-state index contributed by atoms with van der Waals surface area (Å²) < 4.78 is 5.30. The van der Waals surface area contributed by atoms with Crippen molar-refractivity contribution in [2.75, 3.05) is 11.9 Å². The molecule has 1 saturated carbocycles. The van der Waals surface area contributed by atoms with E-state index in [0.29, 0.717) is 23.1 Å². The van der Waals surface area contributed by atoms with Crippen molar-refractivity contribution in [1.82, 2.24) is 0 Å². The van der Waals surface area contributed by atoms with Crippen LogP contribution in [0.25, 0.3) is 0 Å². The molecule has 0 bridgehead atoms. The molecule has 2 aromatic rings. The minimum atomic E-state index is -0.308. The Morgan fingerprint density at radius 3 is 2.63 bits per heavy atom. The minimum Gasteiger partial charge on any atom is -0.462 e. The molecule has 1 atom stereocenters. The number of rotatable bonds is 5. The van der Waals surface area contributed by atoms with E-state index in [-0.39, 0.29) is 17.8 Å². The third-order valence-corrected chi connectivity index (χ3v) is 6.90. The van der Waals surface area contributed by atoms with Crippen LogP contribution in [0.3, 0.4) is 0 Å². The molecule has 0 unspecified atom stereocenters. The molecule has 4 rings (SSSR count). The second-order valence-electron chi connectivity index (χ2n) is 7.40. The molecule has 2 aliphatic rings. The first-order chi connectivity index (χ1) is 13.2. The molecule has 1 amide bonds. The van der Waals surface area contributed by atoms with Crippen molar-refractivity contribution in [3.8, 4) is 0 Å². The normalized spacial score (nSPS) is 19.1. The van der Waals surface area contributed by atoms with E-state index in [4.69, 9.17) is 4.74 Å². The first-order valence-electron chi connectivity index (χ1n) is 9.84. The second kappa shape index (κ2) is 7.85. The maximum atomic E-state index is 12.6. The highest BCUT2D eigenvalue weighted by molar-refractivity contribution is 7.17. The Morgan fingerprint density at radius 2 is 1.96 bits per heavy atom. The summed E-state index contributed by atoms with van der Waals surface area (Å²) in [6.45, 7) is 2.15. The maximum absolute atomic E-state index is 12.6. The second-order valence-corrected chi connectivity index (χ2v) is 8.50. The van der Waals surface area contributed by atoms with Crippen LogP contribution in [0.1, 0.15) is 64.9 Å². The number of fused-ring (bicyclic) bond motifs is 1. The van der Waals surface area contributed by atoms with Gasteiger partial charge >= 0.3 is 5.97 Å². The van der Waals surface area contributed by atoms with Gasteiger partial charge in [0.15, 0.2) is 0 Å². The van der Waals surface area contributed by atoms with Crippen LogP contribution in [0, 0.1) is 5.92 Å². The molecule has 1 aromatic heterocycles. The predicted octanol–water partition coefficient (Wildman–Crippen LogP) is 4.94. The molecule has 1 heterocycles. The van der Waals surface area contributed by atoms with Crippen LogP contribution in [0.15, 0.2) is 30.3 Å². The van der Waals surface area contributed by atoms with Crippen LogP contribution >= 0.6 is 11.3 Å². The zero-order chi connectivity index (χ0) is 18.8. The van der Waals surface area contributed by atoms with Gasteiger partial charge in [-0.25, -0.2) is 4.79 Å². The van der Waals surface area contributed by atoms with Crippen LogP contribution in [-0.2, 0) is 22.4 Å². The summed E-state index contributed by atoms with van der Waals surface area (Å²) >= 11 is 1.56. The van der Waals surface area contributed by atoms with Crippen LogP contribution in [-0.4, -0.2) is 18.5 Å². The van der Waals surface area contributed by atoms with E-state index in [1.165, 1.54) is 10.4 Å². The average molecular weight is 384 g/mol. The highest BCUT2D eigenvalue weighted by Gasteiger charge is 2.32. The van der Waals surface area contributed by atoms with Gasteiger partial charge in [0.1, 0.15) is 5.00 Å². The molecule has 2 aliphatic carbocycles. The molecule has 4 nitrogen and oxygen atoms in total. The first kappa shape index (κ1) is 18.2. The zero-order valence-electron chi connectivity index (χ0n) is 15.6. The smallest absolute Gasteiger partial charge is 0.341 e. The number of anilines is 1. The van der Waals surface area contributed by atoms with Gasteiger partial charge in [0, 0.05) is 10.8 Å². The maximum Gasteiger partial charge on any atom is 0.341 e. The minimum absolute atomic E-state index is 0.0463. The summed E-state index contributed by atoms with van der Waals surface area (Å²) in [4.78, 5) is 26.3. The fraction of sp³-hybridized carbons (Fsp3) is 0.455. The average Bonchev–Trinajstić information content (AvgIpc) is 2.98. The number of amides is 1. The van der Waals surface area contributed by atoms with E-state index in [0.717, 1.165) is 44.1 Å². The molecule has 0 aliphatic heterocycles. The Balaban J connectivity index is 1.62. The van der Waals surface area contributed by atoms with Crippen molar-refractivity contribution in [3.63, 3.8) is 0 Å². The van der Waals surface area contributed by atoms with Gasteiger partial charge < -0.3 is 10.1 Å². The number of carbonyl (C=O) groups is 2. The van der Waals surface area contributed by atoms with Gasteiger partial charge in [-0.1, -0.05) is 36.8 Å². The highest BCUT2D eigenvalue weighted by atomic mass is 32.1. The summed E-state index contributed by atoms with van der Waals surface area (Å²) in [6.07, 6.45) is 5.77. The van der Waals surface area contributed by atoms with Gasteiger partial charge in [-0.15, -0.1) is 11.3 Å². The SMILES string of the molecule is CCOC(=O)c1c(NC(=O)C2CCC2)sc2c1CC[C@@H](c1ccccc1)C2. The lowest BCUT2D eigenvalue weighted by molar-refractivity contribution is -0.122. The van der Waals surface area contributed by atoms with Gasteiger partial charge in [-0.3, -0.25) is 4.79 Å². The number of esters is 1. The van der Waals surface area contributed by atoms with Gasteiger partial charge in [0.05, 0.1) is 12.2 Å². The Labute approximate surface area is 163 Å². The summed E-state index contributed by atoms with van der Waals surface area (Å²) in [5.41, 5.74) is 3.01. The fourth-order valence-electron chi connectivity index (χ4n) is 3.99. The zero-order valence-corrected chi connectivity index (χ0v) is 16.4. The molecule has 1 aromatic carbocycles. The summed E-state index contributed by atoms with van der Waals surface area (Å²) in [5.74, 6) is 0.292. The van der Waals surface area contributed by atoms with Gasteiger partial charge in [0.2, 0.25) is 5.91 Å². The van der Waals surface area contributed by atoms with Crippen molar-refractivity contribution in [2.24, 2.45) is 5.92 Å². The molecule has 1 N–H and O–H groups in total. The monoisotopic (exact) mass is 383 g/mol. The van der Waals surface area contributed by atoms with Crippen molar-refractivity contribution < 1.29 is 14.3 Å². The quantitative estimate of drug-likeness (QED) is 0.745. The number of hydrogen-bond acceptors (Lipinski definition) is 4. The number of benzene rings is 1. The third kappa shape index (κ3) is 3.65. The topological polar surface area (TPSA) is 55.4 Å². The number of ether oxygens (including phenoxy) is 1. The summed E-state index contributed by atoms with van der Waals surface area (Å²) in [6, 6.07) is 10.5. The molecular weight excluding hydrogens is 358 g/mol. The van der Waals surface area contributed by atoms with E-state index in [9.17, 15) is 9.59 Å². The lowest BCUT2D eigenvalue weighted by atomic mass is 9.83. The Hall–Kier alpha value is -2.14. The van der Waals surface area contributed by atoms with E-state index in [1.807, 2.05) is 13.0 Å².